The molecule has 0 saturated carbocycles. The summed E-state index contributed by atoms with van der Waals surface area (Å²) in [6.45, 7) is 5.07. The highest BCUT2D eigenvalue weighted by Gasteiger charge is 2.12. The molecule has 3 aliphatic heterocycles. The maximum atomic E-state index is 2.54. The molecule has 0 radical (unpaired) electrons. The fourth-order valence-corrected chi connectivity index (χ4v) is 5.69. The van der Waals surface area contributed by atoms with E-state index in [0.717, 1.165) is 0 Å². The van der Waals surface area contributed by atoms with Gasteiger partial charge in [-0.3, -0.25) is 0 Å². The number of fused-ring (bicyclic) bond motifs is 3. The van der Waals surface area contributed by atoms with Gasteiger partial charge in [0.15, 0.2) is 0 Å². The van der Waals surface area contributed by atoms with E-state index >= 15 is 0 Å². The van der Waals surface area contributed by atoms with Gasteiger partial charge in [-0.1, -0.05) is 62.8 Å². The zero-order chi connectivity index (χ0) is 23.5. The van der Waals surface area contributed by atoms with Crippen LogP contribution in [-0.4, -0.2) is 26.2 Å². The Kier molecular flexibility index (Phi) is 14.4. The summed E-state index contributed by atoms with van der Waals surface area (Å²) in [4.78, 5) is 3.36. The molecule has 2 atom stereocenters. The van der Waals surface area contributed by atoms with Gasteiger partial charge in [-0.25, -0.2) is 0 Å². The van der Waals surface area contributed by atoms with E-state index in [1.807, 2.05) is 0 Å². The van der Waals surface area contributed by atoms with Crippen molar-refractivity contribution in [3.05, 3.63) is 60.0 Å². The maximum absolute atomic E-state index is 2.54. The van der Waals surface area contributed by atoms with Crippen molar-refractivity contribution >= 4 is 0 Å². The average Bonchev–Trinajstić information content (AvgIpc) is 2.86. The minimum absolute atomic E-state index is 1.19. The summed E-state index contributed by atoms with van der Waals surface area (Å²) in [6.07, 6.45) is 44.0. The number of allylic oxidation sites excluding steroid dienone is 6. The Balaban J connectivity index is 1.37. The van der Waals surface area contributed by atoms with Gasteiger partial charge in [-0.05, 0) is 94.8 Å². The molecule has 0 aliphatic carbocycles. The molecule has 3 aliphatic rings. The molecule has 2 nitrogen and oxygen atoms in total. The molecule has 4 bridgehead atoms. The SMILES string of the molecule is C1=C[NH+]2CCCCCCCCCCC3=C[NH+](CC=C3)CCCCCCC=CCCCCC(=C1)C2. The minimum Gasteiger partial charge on any atom is -0.305 e. The Hall–Kier alpha value is -1.38. The van der Waals surface area contributed by atoms with Crippen LogP contribution in [0.15, 0.2) is 60.0 Å². The van der Waals surface area contributed by atoms with Crippen LogP contribution in [-0.2, 0) is 0 Å². The molecule has 3 rings (SSSR count). The lowest BCUT2D eigenvalue weighted by molar-refractivity contribution is -0.842. The average molecular weight is 467 g/mol. The molecule has 0 fully saturated rings. The normalized spacial score (nSPS) is 27.8. The Bertz CT molecular complexity index is 681. The molecule has 0 spiro atoms. The highest BCUT2D eigenvalue weighted by molar-refractivity contribution is 5.18. The summed E-state index contributed by atoms with van der Waals surface area (Å²) < 4.78 is 0. The Morgan fingerprint density at radius 2 is 1.18 bits per heavy atom. The molecule has 2 unspecified atom stereocenters. The summed E-state index contributed by atoms with van der Waals surface area (Å²) in [7, 11) is 0. The quantitative estimate of drug-likeness (QED) is 0.390. The largest absolute Gasteiger partial charge is 0.305 e. The van der Waals surface area contributed by atoms with E-state index in [2.05, 4.69) is 48.9 Å². The molecule has 2 heteroatoms. The minimum atomic E-state index is 1.19. The third-order valence-electron chi connectivity index (χ3n) is 7.84. The van der Waals surface area contributed by atoms with Crippen molar-refractivity contribution in [2.75, 3.05) is 26.2 Å². The lowest BCUT2D eigenvalue weighted by Gasteiger charge is -2.19. The molecular weight excluding hydrogens is 412 g/mol. The van der Waals surface area contributed by atoms with Gasteiger partial charge in [0.25, 0.3) is 0 Å². The van der Waals surface area contributed by atoms with Crippen LogP contribution in [0.3, 0.4) is 0 Å². The van der Waals surface area contributed by atoms with E-state index < -0.39 is 0 Å². The second-order valence-corrected chi connectivity index (χ2v) is 11.0. The highest BCUT2D eigenvalue weighted by Crippen LogP contribution is 2.14. The number of quaternary nitrogens is 2. The molecule has 190 valence electrons. The Labute approximate surface area is 211 Å². The Morgan fingerprint density at radius 1 is 0.559 bits per heavy atom. The second kappa shape index (κ2) is 18.0. The van der Waals surface area contributed by atoms with Gasteiger partial charge in [0.1, 0.15) is 13.1 Å². The van der Waals surface area contributed by atoms with Crippen LogP contribution >= 0.6 is 0 Å². The van der Waals surface area contributed by atoms with Gasteiger partial charge < -0.3 is 9.80 Å². The van der Waals surface area contributed by atoms with Gasteiger partial charge >= 0.3 is 0 Å². The van der Waals surface area contributed by atoms with Crippen LogP contribution in [0.25, 0.3) is 0 Å². The molecule has 0 amide bonds. The van der Waals surface area contributed by atoms with E-state index in [0.29, 0.717) is 0 Å². The van der Waals surface area contributed by atoms with Crippen LogP contribution < -0.4 is 9.80 Å². The standard InChI is InChI=1S/C32H52N2/c1-2-5-9-13-17-25-33-27-20-24-32(30-33)22-16-12-8-4-6-10-14-18-26-34-28-19-23-31(29-34)21-15-11-7-3-1/h1,3,19-20,23-24,28,30H,2,4-18,21-22,25-27,29H2/p+2. The monoisotopic (exact) mass is 466 g/mol. The van der Waals surface area contributed by atoms with E-state index in [1.165, 1.54) is 142 Å². The molecule has 0 aromatic heterocycles. The predicted octanol–water partition coefficient (Wildman–Crippen LogP) is 6.26. The molecule has 0 aromatic carbocycles. The van der Waals surface area contributed by atoms with Gasteiger partial charge in [-0.2, -0.15) is 0 Å². The number of nitrogens with one attached hydrogen (secondary N) is 2. The van der Waals surface area contributed by atoms with Gasteiger partial charge in [0.2, 0.25) is 0 Å². The van der Waals surface area contributed by atoms with Crippen molar-refractivity contribution in [2.24, 2.45) is 0 Å². The first-order valence-electron chi connectivity index (χ1n) is 15.0. The summed E-state index contributed by atoms with van der Waals surface area (Å²) in [6, 6.07) is 0. The van der Waals surface area contributed by atoms with Crippen molar-refractivity contribution in [3.8, 4) is 0 Å². The van der Waals surface area contributed by atoms with Crippen LogP contribution in [0.4, 0.5) is 0 Å². The second-order valence-electron chi connectivity index (χ2n) is 11.0. The van der Waals surface area contributed by atoms with E-state index in [9.17, 15) is 0 Å². The number of rotatable bonds is 0. The third-order valence-corrected chi connectivity index (χ3v) is 7.84. The summed E-state index contributed by atoms with van der Waals surface area (Å²) >= 11 is 0. The first-order valence-corrected chi connectivity index (χ1v) is 15.0. The van der Waals surface area contributed by atoms with Gasteiger partial charge in [0, 0.05) is 5.57 Å². The maximum Gasteiger partial charge on any atom is 0.103 e. The first-order chi connectivity index (χ1) is 16.9. The summed E-state index contributed by atoms with van der Waals surface area (Å²) in [5.41, 5.74) is 3.26. The van der Waals surface area contributed by atoms with Gasteiger partial charge in [0.05, 0.1) is 25.5 Å². The van der Waals surface area contributed by atoms with E-state index in [-0.39, 0.29) is 0 Å². The topological polar surface area (TPSA) is 8.88 Å². The predicted molar refractivity (Wildman–Crippen MR) is 148 cm³/mol. The smallest absolute Gasteiger partial charge is 0.103 e. The van der Waals surface area contributed by atoms with Crippen molar-refractivity contribution in [1.29, 1.82) is 0 Å². The summed E-state index contributed by atoms with van der Waals surface area (Å²) in [5.74, 6) is 0. The lowest BCUT2D eigenvalue weighted by Crippen LogP contribution is -3.08. The molecular formula is C32H54N2+2. The zero-order valence-electron chi connectivity index (χ0n) is 22.2. The van der Waals surface area contributed by atoms with E-state index in [4.69, 9.17) is 0 Å². The molecule has 0 aromatic rings. The molecule has 0 saturated heterocycles. The lowest BCUT2D eigenvalue weighted by atomic mass is 10.0. The first kappa shape index (κ1) is 27.2. The molecule has 3 heterocycles. The fourth-order valence-electron chi connectivity index (χ4n) is 5.69. The fraction of sp³-hybridized carbons (Fsp3) is 0.688. The van der Waals surface area contributed by atoms with Crippen molar-refractivity contribution in [1.82, 2.24) is 0 Å². The summed E-state index contributed by atoms with van der Waals surface area (Å²) in [5, 5.41) is 0. The van der Waals surface area contributed by atoms with Crippen molar-refractivity contribution in [3.63, 3.8) is 0 Å². The van der Waals surface area contributed by atoms with Crippen molar-refractivity contribution in [2.45, 2.75) is 116 Å². The number of hydrogen-bond donors (Lipinski definition) is 2. The van der Waals surface area contributed by atoms with Crippen LogP contribution in [0.2, 0.25) is 0 Å². The zero-order valence-corrected chi connectivity index (χ0v) is 22.2. The third kappa shape index (κ3) is 12.4. The van der Waals surface area contributed by atoms with Gasteiger partial charge in [-0.15, -0.1) is 0 Å². The van der Waals surface area contributed by atoms with Crippen molar-refractivity contribution < 1.29 is 9.80 Å². The van der Waals surface area contributed by atoms with Crippen LogP contribution in [0.1, 0.15) is 116 Å². The van der Waals surface area contributed by atoms with Crippen LogP contribution in [0.5, 0.6) is 0 Å². The molecule has 2 N–H and O–H groups in total. The highest BCUT2D eigenvalue weighted by atomic mass is 15.1. The molecule has 34 heavy (non-hydrogen) atoms. The number of hydrogen-bond acceptors (Lipinski definition) is 0. The van der Waals surface area contributed by atoms with Crippen LogP contribution in [0, 0.1) is 0 Å². The van der Waals surface area contributed by atoms with E-state index in [1.54, 1.807) is 20.9 Å². The Morgan fingerprint density at radius 3 is 1.97 bits per heavy atom.